The van der Waals surface area contributed by atoms with Gasteiger partial charge in [-0.2, -0.15) is 11.8 Å². The van der Waals surface area contributed by atoms with Gasteiger partial charge in [0.1, 0.15) is 5.82 Å². The molecule has 2 aliphatic rings. The fourth-order valence-corrected chi connectivity index (χ4v) is 5.14. The van der Waals surface area contributed by atoms with Crippen molar-refractivity contribution in [3.8, 4) is 11.4 Å². The van der Waals surface area contributed by atoms with Gasteiger partial charge in [0.25, 0.3) is 0 Å². The molecule has 2 fully saturated rings. The predicted octanol–water partition coefficient (Wildman–Crippen LogP) is 4.49. The summed E-state index contributed by atoms with van der Waals surface area (Å²) in [7, 11) is 0. The Balaban J connectivity index is 1.20. The molecule has 0 spiro atoms. The second kappa shape index (κ2) is 11.0. The molecule has 2 saturated heterocycles. The molecule has 8 nitrogen and oxygen atoms in total. The van der Waals surface area contributed by atoms with Crippen LogP contribution in [0.2, 0.25) is 0 Å². The molecule has 2 aliphatic heterocycles. The van der Waals surface area contributed by atoms with E-state index in [-0.39, 0.29) is 6.03 Å². The van der Waals surface area contributed by atoms with E-state index < -0.39 is 0 Å². The summed E-state index contributed by atoms with van der Waals surface area (Å²) in [6, 6.07) is 15.3. The number of anilines is 4. The Hall–Kier alpha value is -3.30. The van der Waals surface area contributed by atoms with Crippen LogP contribution in [0.3, 0.4) is 0 Å². The predicted molar refractivity (Wildman–Crippen MR) is 144 cm³/mol. The standard InChI is InChI=1S/C26H30N6O2S/c1-19-18-27-24(30-25(19)32-10-14-34-15-11-32)20-2-4-21(5-3-20)28-26(33)29-22-6-8-23(9-7-22)31-12-16-35-17-13-31/h2-9,18H,10-17H2,1H3,(H2,28,29,33). The maximum Gasteiger partial charge on any atom is 0.323 e. The van der Waals surface area contributed by atoms with Crippen LogP contribution in [-0.4, -0.2) is 66.9 Å². The molecule has 9 heteroatoms. The number of hydrogen-bond donors (Lipinski definition) is 2. The number of ether oxygens (including phenoxy) is 1. The molecule has 182 valence electrons. The van der Waals surface area contributed by atoms with Gasteiger partial charge in [-0.3, -0.25) is 0 Å². The number of nitrogens with zero attached hydrogens (tertiary/aromatic N) is 4. The molecule has 0 saturated carbocycles. The maximum atomic E-state index is 12.5. The van der Waals surface area contributed by atoms with E-state index in [0.29, 0.717) is 24.7 Å². The van der Waals surface area contributed by atoms with E-state index in [2.05, 4.69) is 37.6 Å². The summed E-state index contributed by atoms with van der Waals surface area (Å²) in [4.78, 5) is 26.4. The molecule has 0 unspecified atom stereocenters. The van der Waals surface area contributed by atoms with E-state index in [1.54, 1.807) is 0 Å². The molecule has 2 aromatic carbocycles. The molecule has 1 aromatic heterocycles. The van der Waals surface area contributed by atoms with Crippen molar-refractivity contribution < 1.29 is 9.53 Å². The van der Waals surface area contributed by atoms with E-state index in [1.165, 1.54) is 5.69 Å². The first kappa shape index (κ1) is 23.4. The minimum absolute atomic E-state index is 0.277. The van der Waals surface area contributed by atoms with Crippen molar-refractivity contribution in [3.05, 3.63) is 60.3 Å². The number of carbonyl (C=O) groups is 1. The van der Waals surface area contributed by atoms with Crippen LogP contribution in [0.25, 0.3) is 11.4 Å². The zero-order valence-electron chi connectivity index (χ0n) is 19.9. The third kappa shape index (κ3) is 5.86. The Labute approximate surface area is 210 Å². The second-order valence-electron chi connectivity index (χ2n) is 8.60. The van der Waals surface area contributed by atoms with Crippen molar-refractivity contribution in [2.24, 2.45) is 0 Å². The van der Waals surface area contributed by atoms with E-state index >= 15 is 0 Å². The first-order chi connectivity index (χ1) is 17.2. The lowest BCUT2D eigenvalue weighted by atomic mass is 10.2. The SMILES string of the molecule is Cc1cnc(-c2ccc(NC(=O)Nc3ccc(N4CCSCC4)cc3)cc2)nc1N1CCOCC1. The fraction of sp³-hybridized carbons (Fsp3) is 0.346. The number of thioether (sulfide) groups is 1. The molecule has 0 bridgehead atoms. The van der Waals surface area contributed by atoms with Crippen molar-refractivity contribution in [1.82, 2.24) is 9.97 Å². The number of hydrogen-bond acceptors (Lipinski definition) is 7. The second-order valence-corrected chi connectivity index (χ2v) is 9.83. The van der Waals surface area contributed by atoms with E-state index in [4.69, 9.17) is 9.72 Å². The number of nitrogens with one attached hydrogen (secondary N) is 2. The van der Waals surface area contributed by atoms with Gasteiger partial charge in [-0.15, -0.1) is 0 Å². The fourth-order valence-electron chi connectivity index (χ4n) is 4.24. The maximum absolute atomic E-state index is 12.5. The van der Waals surface area contributed by atoms with Crippen molar-refractivity contribution in [2.75, 3.05) is 71.3 Å². The van der Waals surface area contributed by atoms with Gasteiger partial charge in [-0.25, -0.2) is 14.8 Å². The van der Waals surface area contributed by atoms with Crippen LogP contribution >= 0.6 is 11.8 Å². The molecular weight excluding hydrogens is 460 g/mol. The molecule has 0 aliphatic carbocycles. The topological polar surface area (TPSA) is 82.6 Å². The summed E-state index contributed by atoms with van der Waals surface area (Å²) >= 11 is 1.99. The Morgan fingerprint density at radius 2 is 1.51 bits per heavy atom. The van der Waals surface area contributed by atoms with Crippen LogP contribution < -0.4 is 20.4 Å². The number of amides is 2. The number of rotatable bonds is 5. The number of benzene rings is 2. The molecule has 5 rings (SSSR count). The number of morpholine rings is 1. The summed E-state index contributed by atoms with van der Waals surface area (Å²) in [5, 5.41) is 5.80. The van der Waals surface area contributed by atoms with Crippen LogP contribution in [0.15, 0.2) is 54.7 Å². The monoisotopic (exact) mass is 490 g/mol. The lowest BCUT2D eigenvalue weighted by molar-refractivity contribution is 0.122. The zero-order chi connectivity index (χ0) is 24.0. The highest BCUT2D eigenvalue weighted by Gasteiger charge is 2.16. The smallest absolute Gasteiger partial charge is 0.323 e. The van der Waals surface area contributed by atoms with Crippen molar-refractivity contribution in [3.63, 3.8) is 0 Å². The van der Waals surface area contributed by atoms with Gasteiger partial charge in [0.15, 0.2) is 5.82 Å². The highest BCUT2D eigenvalue weighted by molar-refractivity contribution is 7.99. The van der Waals surface area contributed by atoms with Gasteiger partial charge in [0, 0.05) is 72.1 Å². The Bertz CT molecular complexity index is 1140. The first-order valence-electron chi connectivity index (χ1n) is 11.9. The highest BCUT2D eigenvalue weighted by Crippen LogP contribution is 2.24. The Morgan fingerprint density at radius 1 is 0.886 bits per heavy atom. The van der Waals surface area contributed by atoms with Crippen LogP contribution in [0.4, 0.5) is 27.7 Å². The quantitative estimate of drug-likeness (QED) is 0.545. The summed E-state index contributed by atoms with van der Waals surface area (Å²) < 4.78 is 5.46. The molecular formula is C26H30N6O2S. The lowest BCUT2D eigenvalue weighted by Gasteiger charge is -2.29. The molecule has 0 atom stereocenters. The molecule has 3 aromatic rings. The largest absolute Gasteiger partial charge is 0.378 e. The van der Waals surface area contributed by atoms with Gasteiger partial charge >= 0.3 is 6.03 Å². The zero-order valence-corrected chi connectivity index (χ0v) is 20.7. The highest BCUT2D eigenvalue weighted by atomic mass is 32.2. The molecule has 3 heterocycles. The van der Waals surface area contributed by atoms with Gasteiger partial charge in [0.05, 0.1) is 13.2 Å². The van der Waals surface area contributed by atoms with Crippen LogP contribution in [0.5, 0.6) is 0 Å². The van der Waals surface area contributed by atoms with Gasteiger partial charge in [-0.05, 0) is 55.5 Å². The molecule has 0 radical (unpaired) electrons. The third-order valence-electron chi connectivity index (χ3n) is 6.16. The van der Waals surface area contributed by atoms with Gasteiger partial charge < -0.3 is 25.2 Å². The summed E-state index contributed by atoms with van der Waals surface area (Å²) in [5.41, 5.74) is 4.61. The van der Waals surface area contributed by atoms with E-state index in [1.807, 2.05) is 61.3 Å². The Kier molecular flexibility index (Phi) is 7.34. The number of aromatic nitrogens is 2. The average molecular weight is 491 g/mol. The van der Waals surface area contributed by atoms with Gasteiger partial charge in [-0.1, -0.05) is 0 Å². The summed E-state index contributed by atoms with van der Waals surface area (Å²) in [6.45, 7) is 7.24. The summed E-state index contributed by atoms with van der Waals surface area (Å²) in [6.07, 6.45) is 1.86. The average Bonchev–Trinajstić information content (AvgIpc) is 2.91. The van der Waals surface area contributed by atoms with Crippen LogP contribution in [-0.2, 0) is 4.74 Å². The van der Waals surface area contributed by atoms with E-state index in [9.17, 15) is 4.79 Å². The van der Waals surface area contributed by atoms with Crippen molar-refractivity contribution >= 4 is 40.7 Å². The lowest BCUT2D eigenvalue weighted by Crippen LogP contribution is -2.37. The minimum Gasteiger partial charge on any atom is -0.378 e. The first-order valence-corrected chi connectivity index (χ1v) is 13.1. The van der Waals surface area contributed by atoms with Crippen molar-refractivity contribution in [1.29, 1.82) is 0 Å². The molecule has 35 heavy (non-hydrogen) atoms. The number of aryl methyl sites for hydroxylation is 1. The normalized spacial score (nSPS) is 16.1. The van der Waals surface area contributed by atoms with Gasteiger partial charge in [0.2, 0.25) is 0 Å². The Morgan fingerprint density at radius 3 is 2.17 bits per heavy atom. The third-order valence-corrected chi connectivity index (χ3v) is 7.10. The number of carbonyl (C=O) groups excluding carboxylic acids is 1. The summed E-state index contributed by atoms with van der Waals surface area (Å²) in [5.74, 6) is 3.93. The van der Waals surface area contributed by atoms with E-state index in [0.717, 1.165) is 60.3 Å². The number of urea groups is 1. The molecule has 2 N–H and O–H groups in total. The van der Waals surface area contributed by atoms with Crippen LogP contribution in [0, 0.1) is 6.92 Å². The molecule has 2 amide bonds. The van der Waals surface area contributed by atoms with Crippen molar-refractivity contribution in [2.45, 2.75) is 6.92 Å². The van der Waals surface area contributed by atoms with Crippen LogP contribution in [0.1, 0.15) is 5.56 Å². The minimum atomic E-state index is -0.277.